The molecule has 1 aromatic carbocycles. The van der Waals surface area contributed by atoms with E-state index in [1.54, 1.807) is 0 Å². The van der Waals surface area contributed by atoms with Crippen molar-refractivity contribution in [2.24, 2.45) is 5.92 Å². The van der Waals surface area contributed by atoms with Crippen molar-refractivity contribution in [3.63, 3.8) is 0 Å². The van der Waals surface area contributed by atoms with Crippen molar-refractivity contribution in [3.05, 3.63) is 40.3 Å². The Hall–Kier alpha value is -2.70. The smallest absolute Gasteiger partial charge is 0.273 e. The molecule has 0 radical (unpaired) electrons. The molecule has 0 saturated heterocycles. The number of H-pyrrole nitrogens is 1. The zero-order chi connectivity index (χ0) is 18.5. The summed E-state index contributed by atoms with van der Waals surface area (Å²) in [5, 5.41) is 11.0. The predicted octanol–water partition coefficient (Wildman–Crippen LogP) is 2.08. The number of hydrogen-bond acceptors (Lipinski definition) is 5. The van der Waals surface area contributed by atoms with Gasteiger partial charge in [0.05, 0.1) is 6.61 Å². The molecule has 0 aliphatic heterocycles. The van der Waals surface area contributed by atoms with Gasteiger partial charge in [0.25, 0.3) is 5.56 Å². The lowest BCUT2D eigenvalue weighted by atomic mass is 10.2. The quantitative estimate of drug-likeness (QED) is 0.755. The van der Waals surface area contributed by atoms with Gasteiger partial charge >= 0.3 is 0 Å². The van der Waals surface area contributed by atoms with Crippen LogP contribution in [0.5, 0.6) is 5.75 Å². The summed E-state index contributed by atoms with van der Waals surface area (Å²) in [7, 11) is 0. The molecule has 0 bridgehead atoms. The zero-order valence-electron chi connectivity index (χ0n) is 15.1. The highest BCUT2D eigenvalue weighted by molar-refractivity contribution is 5.76. The molecule has 3 rings (SSSR count). The number of aromatic amines is 1. The van der Waals surface area contributed by atoms with E-state index in [2.05, 4.69) is 34.3 Å². The number of carbonyl (C=O) groups excluding carboxylic acids is 1. The Labute approximate surface area is 152 Å². The molecule has 2 N–H and O–H groups in total. The molecular weight excluding hydrogens is 332 g/mol. The molecule has 1 aliphatic carbocycles. The molecule has 0 atom stereocenters. The van der Waals surface area contributed by atoms with E-state index in [4.69, 9.17) is 4.74 Å². The normalized spacial score (nSPS) is 13.7. The maximum atomic E-state index is 12.2. The second-order valence-electron chi connectivity index (χ2n) is 7.02. The minimum atomic E-state index is -0.317. The van der Waals surface area contributed by atoms with Gasteiger partial charge in [-0.15, -0.1) is 10.2 Å². The highest BCUT2D eigenvalue weighted by atomic mass is 16.5. The topological polar surface area (TPSA) is 97.0 Å². The summed E-state index contributed by atoms with van der Waals surface area (Å²) in [6, 6.07) is 7.70. The molecule has 1 saturated carbocycles. The van der Waals surface area contributed by atoms with Crippen molar-refractivity contribution in [2.75, 3.05) is 6.61 Å². The van der Waals surface area contributed by atoms with E-state index < -0.39 is 0 Å². The minimum absolute atomic E-state index is 0.0484. The maximum absolute atomic E-state index is 12.2. The fraction of sp³-hybridized carbons (Fsp3) is 0.474. The van der Waals surface area contributed by atoms with E-state index >= 15 is 0 Å². The third-order valence-corrected chi connectivity index (χ3v) is 3.99. The number of rotatable bonds is 8. The summed E-state index contributed by atoms with van der Waals surface area (Å²) in [5.41, 5.74) is 0.684. The summed E-state index contributed by atoms with van der Waals surface area (Å²) in [6.45, 7) is 4.78. The Bertz CT molecular complexity index is 828. The first kappa shape index (κ1) is 18.1. The molecule has 26 heavy (non-hydrogen) atoms. The lowest BCUT2D eigenvalue weighted by Gasteiger charge is -2.09. The fourth-order valence-corrected chi connectivity index (χ4v) is 2.41. The van der Waals surface area contributed by atoms with Crippen LogP contribution in [-0.2, 0) is 11.2 Å². The first-order chi connectivity index (χ1) is 12.5. The molecule has 1 aromatic heterocycles. The van der Waals surface area contributed by atoms with Gasteiger partial charge in [-0.1, -0.05) is 26.0 Å². The second kappa shape index (κ2) is 8.12. The van der Waals surface area contributed by atoms with Crippen LogP contribution >= 0.6 is 0 Å². The molecule has 1 heterocycles. The van der Waals surface area contributed by atoms with Gasteiger partial charge in [-0.25, -0.2) is 0 Å². The van der Waals surface area contributed by atoms with Gasteiger partial charge in [-0.05, 0) is 30.9 Å². The number of carbonyl (C=O) groups is 1. The molecule has 1 amide bonds. The van der Waals surface area contributed by atoms with Crippen molar-refractivity contribution < 1.29 is 9.53 Å². The van der Waals surface area contributed by atoms with E-state index in [0.717, 1.165) is 24.2 Å². The van der Waals surface area contributed by atoms with Crippen LogP contribution < -0.4 is 15.6 Å². The number of nitrogens with one attached hydrogen (secondary N) is 2. The first-order valence-corrected chi connectivity index (χ1v) is 8.99. The maximum Gasteiger partial charge on any atom is 0.273 e. The van der Waals surface area contributed by atoms with E-state index in [9.17, 15) is 9.59 Å². The number of ether oxygens (including phenoxy) is 1. The first-order valence-electron chi connectivity index (χ1n) is 8.99. The standard InChI is InChI=1S/C19H24N4O3/c1-12(2)11-26-15-5-3-4-13(10-15)18-21-19(25)16(22-23-18)8-9-17(24)20-14-6-7-14/h3-5,10,12,14H,6-9,11H2,1-2H3,(H,20,24)(H,21,23,25). The number of nitrogens with zero attached hydrogens (tertiary/aromatic N) is 2. The number of aryl methyl sites for hydroxylation is 1. The molecule has 2 aromatic rings. The highest BCUT2D eigenvalue weighted by Crippen LogP contribution is 2.20. The van der Waals surface area contributed by atoms with Gasteiger partial charge in [0.15, 0.2) is 5.82 Å². The fourth-order valence-electron chi connectivity index (χ4n) is 2.41. The average Bonchev–Trinajstić information content (AvgIpc) is 3.43. The van der Waals surface area contributed by atoms with E-state index in [1.807, 2.05) is 24.3 Å². The lowest BCUT2D eigenvalue weighted by molar-refractivity contribution is -0.121. The van der Waals surface area contributed by atoms with Gasteiger partial charge in [-0.2, -0.15) is 0 Å². The third-order valence-electron chi connectivity index (χ3n) is 3.99. The second-order valence-corrected chi connectivity index (χ2v) is 7.02. The van der Waals surface area contributed by atoms with Crippen molar-refractivity contribution in [1.82, 2.24) is 20.5 Å². The molecule has 138 valence electrons. The minimum Gasteiger partial charge on any atom is -0.493 e. The van der Waals surface area contributed by atoms with Crippen LogP contribution in [0, 0.1) is 5.92 Å². The Morgan fingerprint density at radius 2 is 2.15 bits per heavy atom. The average molecular weight is 356 g/mol. The Kier molecular flexibility index (Phi) is 5.65. The summed E-state index contributed by atoms with van der Waals surface area (Å²) >= 11 is 0. The lowest BCUT2D eigenvalue weighted by Crippen LogP contribution is -2.27. The largest absolute Gasteiger partial charge is 0.493 e. The Morgan fingerprint density at radius 3 is 2.85 bits per heavy atom. The summed E-state index contributed by atoms with van der Waals surface area (Å²) in [5.74, 6) is 1.48. The van der Waals surface area contributed by atoms with Crippen LogP contribution in [0.2, 0.25) is 0 Å². The molecule has 7 nitrogen and oxygen atoms in total. The molecule has 1 aliphatic rings. The molecule has 1 fully saturated rings. The van der Waals surface area contributed by atoms with Gasteiger partial charge in [0.1, 0.15) is 11.4 Å². The van der Waals surface area contributed by atoms with Gasteiger partial charge in [0.2, 0.25) is 5.91 Å². The number of amides is 1. The van der Waals surface area contributed by atoms with Crippen LogP contribution in [0.3, 0.4) is 0 Å². The highest BCUT2D eigenvalue weighted by Gasteiger charge is 2.23. The zero-order valence-corrected chi connectivity index (χ0v) is 15.1. The summed E-state index contributed by atoms with van der Waals surface area (Å²) in [4.78, 5) is 26.7. The van der Waals surface area contributed by atoms with E-state index in [0.29, 0.717) is 24.4 Å². The Balaban J connectivity index is 1.65. The van der Waals surface area contributed by atoms with Crippen LogP contribution in [0.25, 0.3) is 11.4 Å². The van der Waals surface area contributed by atoms with E-state index in [1.165, 1.54) is 0 Å². The molecule has 0 spiro atoms. The van der Waals surface area contributed by atoms with Crippen molar-refractivity contribution in [2.45, 2.75) is 45.6 Å². The Morgan fingerprint density at radius 1 is 1.35 bits per heavy atom. The van der Waals surface area contributed by atoms with Crippen LogP contribution in [0.1, 0.15) is 38.8 Å². The van der Waals surface area contributed by atoms with Gasteiger partial charge in [0, 0.05) is 24.4 Å². The SMILES string of the molecule is CC(C)COc1cccc(-c2nnc(CCC(=O)NC3CC3)c(=O)[nH]2)c1. The van der Waals surface area contributed by atoms with Gasteiger partial charge in [-0.3, -0.25) is 9.59 Å². The number of hydrogen-bond donors (Lipinski definition) is 2. The number of benzene rings is 1. The van der Waals surface area contributed by atoms with Gasteiger partial charge < -0.3 is 15.0 Å². The van der Waals surface area contributed by atoms with Crippen LogP contribution in [-0.4, -0.2) is 33.7 Å². The third kappa shape index (κ3) is 5.15. The monoisotopic (exact) mass is 356 g/mol. The summed E-state index contributed by atoms with van der Waals surface area (Å²) < 4.78 is 5.70. The molecular formula is C19H24N4O3. The van der Waals surface area contributed by atoms with Crippen molar-refractivity contribution in [3.8, 4) is 17.1 Å². The number of aromatic nitrogens is 3. The predicted molar refractivity (Wildman–Crippen MR) is 97.9 cm³/mol. The van der Waals surface area contributed by atoms with Crippen molar-refractivity contribution in [1.29, 1.82) is 0 Å². The molecule has 7 heteroatoms. The van der Waals surface area contributed by atoms with E-state index in [-0.39, 0.29) is 30.0 Å². The molecule has 0 unspecified atom stereocenters. The van der Waals surface area contributed by atoms with Crippen molar-refractivity contribution >= 4 is 5.91 Å². The van der Waals surface area contributed by atoms with Crippen LogP contribution in [0.4, 0.5) is 0 Å². The van der Waals surface area contributed by atoms with Crippen LogP contribution in [0.15, 0.2) is 29.1 Å². The summed E-state index contributed by atoms with van der Waals surface area (Å²) in [6.07, 6.45) is 2.60.